The lowest BCUT2D eigenvalue weighted by atomic mass is 10.1. The quantitative estimate of drug-likeness (QED) is 0.463. The van der Waals surface area contributed by atoms with Gasteiger partial charge in [-0.1, -0.05) is 43.3 Å². The Morgan fingerprint density at radius 1 is 1.07 bits per heavy atom. The molecule has 0 bridgehead atoms. The maximum atomic E-state index is 11.9. The highest BCUT2D eigenvalue weighted by atomic mass is 16.2. The number of carbonyl (C=O) groups excluding carboxylic acids is 1. The maximum Gasteiger partial charge on any atom is 0.234 e. The van der Waals surface area contributed by atoms with Crippen molar-refractivity contribution in [2.24, 2.45) is 4.99 Å². The molecule has 1 fully saturated rings. The van der Waals surface area contributed by atoms with Gasteiger partial charge in [-0.3, -0.25) is 9.69 Å². The molecule has 0 spiro atoms. The number of amides is 1. The molecule has 0 aromatic heterocycles. The molecule has 3 rings (SSSR count). The zero-order chi connectivity index (χ0) is 21.2. The van der Waals surface area contributed by atoms with Crippen LogP contribution < -0.4 is 16.0 Å². The van der Waals surface area contributed by atoms with Gasteiger partial charge in [0.1, 0.15) is 0 Å². The largest absolute Gasteiger partial charge is 0.357 e. The number of piperidine rings is 1. The number of hydrogen-bond donors (Lipinski definition) is 3. The fourth-order valence-corrected chi connectivity index (χ4v) is 3.78. The van der Waals surface area contributed by atoms with Gasteiger partial charge in [0.25, 0.3) is 0 Å². The van der Waals surface area contributed by atoms with E-state index in [-0.39, 0.29) is 5.91 Å². The van der Waals surface area contributed by atoms with E-state index in [0.29, 0.717) is 19.1 Å². The van der Waals surface area contributed by atoms with Gasteiger partial charge in [0, 0.05) is 32.2 Å². The van der Waals surface area contributed by atoms with Crippen molar-refractivity contribution in [3.63, 3.8) is 0 Å². The number of likely N-dealkylation sites (tertiary alicyclic amines) is 1. The van der Waals surface area contributed by atoms with E-state index in [2.05, 4.69) is 77.2 Å². The maximum absolute atomic E-state index is 11.9. The summed E-state index contributed by atoms with van der Waals surface area (Å²) < 4.78 is 0. The number of guanidine groups is 1. The topological polar surface area (TPSA) is 68.8 Å². The summed E-state index contributed by atoms with van der Waals surface area (Å²) in [6.07, 6.45) is 3.01. The predicted octanol–water partition coefficient (Wildman–Crippen LogP) is 2.89. The number of hydrogen-bond acceptors (Lipinski definition) is 3. The third-order valence-electron chi connectivity index (χ3n) is 5.45. The first kappa shape index (κ1) is 22.1. The molecule has 1 saturated heterocycles. The molecule has 1 aliphatic heterocycles. The monoisotopic (exact) mass is 409 g/mol. The number of nitrogens with zero attached hydrogens (tertiary/aromatic N) is 2. The molecule has 0 radical (unpaired) electrons. The van der Waals surface area contributed by atoms with E-state index < -0.39 is 0 Å². The van der Waals surface area contributed by atoms with E-state index in [1.54, 1.807) is 0 Å². The van der Waals surface area contributed by atoms with Crippen molar-refractivity contribution in [3.8, 4) is 0 Å². The number of benzene rings is 2. The lowest BCUT2D eigenvalue weighted by molar-refractivity contribution is -0.122. The predicted molar refractivity (Wildman–Crippen MR) is 125 cm³/mol. The Balaban J connectivity index is 1.50. The van der Waals surface area contributed by atoms with Crippen LogP contribution >= 0.6 is 0 Å². The Labute approximate surface area is 180 Å². The van der Waals surface area contributed by atoms with Gasteiger partial charge in [0.15, 0.2) is 5.96 Å². The summed E-state index contributed by atoms with van der Waals surface area (Å²) in [4.78, 5) is 19.0. The van der Waals surface area contributed by atoms with E-state index in [1.807, 2.05) is 0 Å². The second-order valence-corrected chi connectivity index (χ2v) is 7.92. The van der Waals surface area contributed by atoms with Crippen molar-refractivity contribution in [2.45, 2.75) is 45.7 Å². The Morgan fingerprint density at radius 3 is 2.57 bits per heavy atom. The minimum Gasteiger partial charge on any atom is -0.357 e. The van der Waals surface area contributed by atoms with Crippen LogP contribution in [-0.2, 0) is 11.3 Å². The standard InChI is InChI=1S/C24H35N5O/c1-3-13-26-23(30)18-29-14-11-22(12-15-29)28-24(25-4-2)27-17-19-9-10-20-7-5-6-8-21(20)16-19/h5-10,16,22H,3-4,11-15,17-18H2,1-2H3,(H,26,30)(H2,25,27,28). The molecule has 1 aliphatic rings. The van der Waals surface area contributed by atoms with Crippen molar-refractivity contribution in [3.05, 3.63) is 48.0 Å². The molecule has 3 N–H and O–H groups in total. The van der Waals surface area contributed by atoms with E-state index in [9.17, 15) is 4.79 Å². The van der Waals surface area contributed by atoms with Crippen LogP contribution in [0, 0.1) is 0 Å². The van der Waals surface area contributed by atoms with Crippen LogP contribution in [-0.4, -0.2) is 55.5 Å². The minimum absolute atomic E-state index is 0.133. The molecule has 0 saturated carbocycles. The van der Waals surface area contributed by atoms with Crippen LogP contribution in [0.5, 0.6) is 0 Å². The SMILES string of the molecule is CCCNC(=O)CN1CCC(NC(=NCc2ccc3ccccc3c2)NCC)CC1. The summed E-state index contributed by atoms with van der Waals surface area (Å²) in [6.45, 7) is 8.77. The van der Waals surface area contributed by atoms with Crippen LogP contribution in [0.25, 0.3) is 10.8 Å². The van der Waals surface area contributed by atoms with E-state index in [4.69, 9.17) is 4.99 Å². The second-order valence-electron chi connectivity index (χ2n) is 7.92. The van der Waals surface area contributed by atoms with Gasteiger partial charge in [0.05, 0.1) is 13.1 Å². The van der Waals surface area contributed by atoms with Crippen LogP contribution in [0.15, 0.2) is 47.5 Å². The third kappa shape index (κ3) is 6.73. The van der Waals surface area contributed by atoms with Crippen molar-refractivity contribution in [1.29, 1.82) is 0 Å². The number of nitrogens with one attached hydrogen (secondary N) is 3. The molecule has 1 amide bonds. The lowest BCUT2D eigenvalue weighted by Crippen LogP contribution is -2.50. The van der Waals surface area contributed by atoms with Gasteiger partial charge in [-0.05, 0) is 48.6 Å². The van der Waals surface area contributed by atoms with Crippen molar-refractivity contribution in [1.82, 2.24) is 20.9 Å². The van der Waals surface area contributed by atoms with Crippen molar-refractivity contribution < 1.29 is 4.79 Å². The number of fused-ring (bicyclic) bond motifs is 1. The van der Waals surface area contributed by atoms with E-state index in [0.717, 1.165) is 51.4 Å². The van der Waals surface area contributed by atoms with E-state index >= 15 is 0 Å². The number of rotatable bonds is 8. The zero-order valence-electron chi connectivity index (χ0n) is 18.3. The Bertz CT molecular complexity index is 842. The van der Waals surface area contributed by atoms with Gasteiger partial charge >= 0.3 is 0 Å². The Hall–Kier alpha value is -2.60. The van der Waals surface area contributed by atoms with Gasteiger partial charge < -0.3 is 16.0 Å². The normalized spacial score (nSPS) is 15.9. The summed E-state index contributed by atoms with van der Waals surface area (Å²) in [7, 11) is 0. The highest BCUT2D eigenvalue weighted by Crippen LogP contribution is 2.16. The molecule has 0 unspecified atom stereocenters. The Kier molecular flexibility index (Phi) is 8.51. The van der Waals surface area contributed by atoms with E-state index in [1.165, 1.54) is 16.3 Å². The molecule has 162 valence electrons. The summed E-state index contributed by atoms with van der Waals surface area (Å²) in [5.74, 6) is 0.998. The average Bonchev–Trinajstić information content (AvgIpc) is 2.77. The van der Waals surface area contributed by atoms with Crippen LogP contribution in [0.2, 0.25) is 0 Å². The molecule has 0 aliphatic carbocycles. The third-order valence-corrected chi connectivity index (χ3v) is 5.45. The zero-order valence-corrected chi connectivity index (χ0v) is 18.3. The summed E-state index contributed by atoms with van der Waals surface area (Å²) >= 11 is 0. The smallest absolute Gasteiger partial charge is 0.234 e. The molecular weight excluding hydrogens is 374 g/mol. The summed E-state index contributed by atoms with van der Waals surface area (Å²) in [6, 6.07) is 15.3. The first-order valence-electron chi connectivity index (χ1n) is 11.2. The fourth-order valence-electron chi connectivity index (χ4n) is 3.78. The highest BCUT2D eigenvalue weighted by Gasteiger charge is 2.21. The van der Waals surface area contributed by atoms with Crippen molar-refractivity contribution in [2.75, 3.05) is 32.7 Å². The summed E-state index contributed by atoms with van der Waals surface area (Å²) in [5, 5.41) is 12.4. The van der Waals surface area contributed by atoms with Crippen LogP contribution in [0.4, 0.5) is 0 Å². The first-order chi connectivity index (χ1) is 14.7. The molecule has 0 atom stereocenters. The fraction of sp³-hybridized carbons (Fsp3) is 0.500. The molecule has 6 nitrogen and oxygen atoms in total. The number of carbonyl (C=O) groups is 1. The van der Waals surface area contributed by atoms with Gasteiger partial charge in [-0.15, -0.1) is 0 Å². The molecule has 6 heteroatoms. The van der Waals surface area contributed by atoms with Crippen LogP contribution in [0.1, 0.15) is 38.7 Å². The minimum atomic E-state index is 0.133. The number of aliphatic imine (C=N–C) groups is 1. The highest BCUT2D eigenvalue weighted by molar-refractivity contribution is 5.83. The lowest BCUT2D eigenvalue weighted by Gasteiger charge is -2.32. The first-order valence-corrected chi connectivity index (χ1v) is 11.2. The van der Waals surface area contributed by atoms with Gasteiger partial charge in [-0.25, -0.2) is 4.99 Å². The molecule has 2 aromatic rings. The molecule has 30 heavy (non-hydrogen) atoms. The molecule has 2 aromatic carbocycles. The van der Waals surface area contributed by atoms with Crippen molar-refractivity contribution >= 4 is 22.6 Å². The molecular formula is C24H35N5O. The van der Waals surface area contributed by atoms with Gasteiger partial charge in [0.2, 0.25) is 5.91 Å². The Morgan fingerprint density at radius 2 is 1.83 bits per heavy atom. The van der Waals surface area contributed by atoms with Crippen LogP contribution in [0.3, 0.4) is 0 Å². The summed E-state index contributed by atoms with van der Waals surface area (Å²) in [5.41, 5.74) is 1.21. The second kappa shape index (κ2) is 11.6. The molecule has 1 heterocycles. The van der Waals surface area contributed by atoms with Gasteiger partial charge in [-0.2, -0.15) is 0 Å². The average molecular weight is 410 g/mol.